The number of hydrogen-bond acceptors (Lipinski definition) is 3. The van der Waals surface area contributed by atoms with Gasteiger partial charge >= 0.3 is 0 Å². The Balaban J connectivity index is 1.63. The predicted octanol–water partition coefficient (Wildman–Crippen LogP) is 3.08. The molecule has 2 aromatic carbocycles. The van der Waals surface area contributed by atoms with E-state index in [-0.39, 0.29) is 0 Å². The van der Waals surface area contributed by atoms with Gasteiger partial charge in [-0.3, -0.25) is 4.90 Å². The molecule has 0 spiro atoms. The second-order valence-electron chi connectivity index (χ2n) is 6.11. The predicted molar refractivity (Wildman–Crippen MR) is 98.6 cm³/mol. The summed E-state index contributed by atoms with van der Waals surface area (Å²) >= 11 is 6.24. The van der Waals surface area contributed by atoms with Gasteiger partial charge in [-0.1, -0.05) is 54.1 Å². The number of halogens is 1. The van der Waals surface area contributed by atoms with Crippen molar-refractivity contribution in [1.29, 1.82) is 0 Å². The number of piperazine rings is 1. The quantitative estimate of drug-likeness (QED) is 0.837. The Bertz CT molecular complexity index is 798. The summed E-state index contributed by atoms with van der Waals surface area (Å²) in [5.74, 6) is 0. The normalized spacial score (nSPS) is 17.1. The van der Waals surface area contributed by atoms with E-state index in [1.54, 1.807) is 4.31 Å². The highest BCUT2D eigenvalue weighted by Gasteiger charge is 2.23. The Hall–Kier alpha value is -1.40. The van der Waals surface area contributed by atoms with E-state index < -0.39 is 10.0 Å². The second-order valence-corrected chi connectivity index (χ2v) is 8.50. The fraction of sp³-hybridized carbons (Fsp3) is 0.333. The van der Waals surface area contributed by atoms with Crippen LogP contribution in [-0.2, 0) is 16.6 Å². The third-order valence-corrected chi connectivity index (χ3v) is 5.98. The molecule has 0 radical (unpaired) electrons. The van der Waals surface area contributed by atoms with Crippen LogP contribution < -0.4 is 0 Å². The van der Waals surface area contributed by atoms with Crippen molar-refractivity contribution in [2.45, 2.75) is 6.54 Å². The van der Waals surface area contributed by atoms with Crippen molar-refractivity contribution in [3.05, 3.63) is 59.1 Å². The zero-order valence-corrected chi connectivity index (χ0v) is 15.2. The number of rotatable bonds is 4. The SMILES string of the molecule is CS(=O)(=O)N1CCN(Cc2ccc(-c3ccccc3Cl)cc2)CC1. The maximum absolute atomic E-state index is 11.5. The van der Waals surface area contributed by atoms with Crippen molar-refractivity contribution in [2.75, 3.05) is 32.4 Å². The first-order valence-corrected chi connectivity index (χ1v) is 10.2. The summed E-state index contributed by atoms with van der Waals surface area (Å²) in [7, 11) is -3.07. The maximum atomic E-state index is 11.5. The Morgan fingerprint density at radius 1 is 0.958 bits per heavy atom. The van der Waals surface area contributed by atoms with Crippen molar-refractivity contribution >= 4 is 21.6 Å². The highest BCUT2D eigenvalue weighted by molar-refractivity contribution is 7.88. The van der Waals surface area contributed by atoms with Crippen LogP contribution in [0.25, 0.3) is 11.1 Å². The summed E-state index contributed by atoms with van der Waals surface area (Å²) in [5, 5.41) is 0.752. The van der Waals surface area contributed by atoms with E-state index in [0.717, 1.165) is 35.8 Å². The number of nitrogens with zero attached hydrogens (tertiary/aromatic N) is 2. The Morgan fingerprint density at radius 2 is 1.58 bits per heavy atom. The van der Waals surface area contributed by atoms with Crippen molar-refractivity contribution in [1.82, 2.24) is 9.21 Å². The fourth-order valence-corrected chi connectivity index (χ4v) is 4.03. The first-order valence-electron chi connectivity index (χ1n) is 7.95. The molecule has 1 fully saturated rings. The minimum atomic E-state index is -3.07. The number of benzene rings is 2. The highest BCUT2D eigenvalue weighted by Crippen LogP contribution is 2.27. The molecule has 0 aromatic heterocycles. The number of sulfonamides is 1. The van der Waals surface area contributed by atoms with Gasteiger partial charge in [-0.2, -0.15) is 4.31 Å². The van der Waals surface area contributed by atoms with Crippen LogP contribution >= 0.6 is 11.6 Å². The standard InChI is InChI=1S/C18H21ClN2O2S/c1-24(22,23)21-12-10-20(11-13-21)14-15-6-8-16(9-7-15)17-4-2-3-5-18(17)19/h2-9H,10-14H2,1H3. The van der Waals surface area contributed by atoms with Crippen LogP contribution in [0, 0.1) is 0 Å². The van der Waals surface area contributed by atoms with E-state index in [4.69, 9.17) is 11.6 Å². The molecule has 3 rings (SSSR count). The van der Waals surface area contributed by atoms with Crippen molar-refractivity contribution in [3.63, 3.8) is 0 Å². The molecule has 0 atom stereocenters. The zero-order valence-electron chi connectivity index (χ0n) is 13.7. The summed E-state index contributed by atoms with van der Waals surface area (Å²) in [4.78, 5) is 2.28. The molecule has 2 aromatic rings. The minimum absolute atomic E-state index is 0.566. The van der Waals surface area contributed by atoms with Crippen molar-refractivity contribution < 1.29 is 8.42 Å². The van der Waals surface area contributed by atoms with E-state index in [1.807, 2.05) is 24.3 Å². The third kappa shape index (κ3) is 4.16. The molecule has 6 heteroatoms. The molecular weight excluding hydrogens is 344 g/mol. The first kappa shape index (κ1) is 17.4. The van der Waals surface area contributed by atoms with E-state index in [1.165, 1.54) is 11.8 Å². The molecule has 1 aliphatic rings. The van der Waals surface area contributed by atoms with Gasteiger partial charge in [0.1, 0.15) is 0 Å². The largest absolute Gasteiger partial charge is 0.296 e. The molecule has 24 heavy (non-hydrogen) atoms. The molecule has 0 unspecified atom stereocenters. The first-order chi connectivity index (χ1) is 11.4. The summed E-state index contributed by atoms with van der Waals surface area (Å²) in [6.45, 7) is 3.49. The number of hydrogen-bond donors (Lipinski definition) is 0. The van der Waals surface area contributed by atoms with Gasteiger partial charge in [-0.25, -0.2) is 8.42 Å². The van der Waals surface area contributed by atoms with Gasteiger partial charge in [0.25, 0.3) is 0 Å². The van der Waals surface area contributed by atoms with Crippen molar-refractivity contribution in [2.24, 2.45) is 0 Å². The Kier molecular flexibility index (Phi) is 5.25. The molecule has 0 aliphatic carbocycles. The van der Waals surface area contributed by atoms with Crippen LogP contribution in [-0.4, -0.2) is 50.1 Å². The second kappa shape index (κ2) is 7.23. The maximum Gasteiger partial charge on any atom is 0.211 e. The van der Waals surface area contributed by atoms with E-state index in [2.05, 4.69) is 29.2 Å². The lowest BCUT2D eigenvalue weighted by Gasteiger charge is -2.33. The molecular formula is C18H21ClN2O2S. The van der Waals surface area contributed by atoms with E-state index >= 15 is 0 Å². The smallest absolute Gasteiger partial charge is 0.211 e. The molecule has 4 nitrogen and oxygen atoms in total. The molecule has 1 aliphatic heterocycles. The monoisotopic (exact) mass is 364 g/mol. The third-order valence-electron chi connectivity index (χ3n) is 4.35. The van der Waals surface area contributed by atoms with Crippen LogP contribution in [0.4, 0.5) is 0 Å². The average molecular weight is 365 g/mol. The average Bonchev–Trinajstić information content (AvgIpc) is 2.56. The van der Waals surface area contributed by atoms with Crippen LogP contribution in [0.1, 0.15) is 5.56 Å². The van der Waals surface area contributed by atoms with E-state index in [0.29, 0.717) is 13.1 Å². The topological polar surface area (TPSA) is 40.6 Å². The van der Waals surface area contributed by atoms with Crippen molar-refractivity contribution in [3.8, 4) is 11.1 Å². The summed E-state index contributed by atoms with van der Waals surface area (Å²) in [5.41, 5.74) is 3.36. The molecule has 0 amide bonds. The molecule has 1 saturated heterocycles. The fourth-order valence-electron chi connectivity index (χ4n) is 2.96. The highest BCUT2D eigenvalue weighted by atomic mass is 35.5. The molecule has 128 valence electrons. The Morgan fingerprint density at radius 3 is 2.17 bits per heavy atom. The molecule has 0 saturated carbocycles. The van der Waals surface area contributed by atoms with Gasteiger partial charge in [0.05, 0.1) is 6.26 Å². The van der Waals surface area contributed by atoms with Gasteiger partial charge in [0.2, 0.25) is 10.0 Å². The van der Waals surface area contributed by atoms with Gasteiger partial charge in [0, 0.05) is 43.3 Å². The zero-order chi connectivity index (χ0) is 17.2. The lowest BCUT2D eigenvalue weighted by Crippen LogP contribution is -2.47. The van der Waals surface area contributed by atoms with Gasteiger partial charge < -0.3 is 0 Å². The lowest BCUT2D eigenvalue weighted by atomic mass is 10.0. The summed E-state index contributed by atoms with van der Waals surface area (Å²) < 4.78 is 24.6. The van der Waals surface area contributed by atoms with Gasteiger partial charge in [-0.15, -0.1) is 0 Å². The lowest BCUT2D eigenvalue weighted by molar-refractivity contribution is 0.182. The molecule has 1 heterocycles. The van der Waals surface area contributed by atoms with Gasteiger partial charge in [0.15, 0.2) is 0 Å². The summed E-state index contributed by atoms with van der Waals surface area (Å²) in [6, 6.07) is 16.2. The van der Waals surface area contributed by atoms with E-state index in [9.17, 15) is 8.42 Å². The Labute approximate surface area is 148 Å². The van der Waals surface area contributed by atoms with Crippen LogP contribution in [0.15, 0.2) is 48.5 Å². The van der Waals surface area contributed by atoms with Gasteiger partial charge in [-0.05, 0) is 17.2 Å². The van der Waals surface area contributed by atoms with Crippen LogP contribution in [0.2, 0.25) is 5.02 Å². The molecule has 0 N–H and O–H groups in total. The summed E-state index contributed by atoms with van der Waals surface area (Å²) in [6.07, 6.45) is 1.27. The molecule has 0 bridgehead atoms. The van der Waals surface area contributed by atoms with Crippen LogP contribution in [0.3, 0.4) is 0 Å². The minimum Gasteiger partial charge on any atom is -0.296 e. The van der Waals surface area contributed by atoms with Crippen LogP contribution in [0.5, 0.6) is 0 Å².